The van der Waals surface area contributed by atoms with Crippen molar-refractivity contribution in [1.29, 1.82) is 0 Å². The first-order chi connectivity index (χ1) is 9.74. The third-order valence-electron chi connectivity index (χ3n) is 3.24. The molecule has 0 saturated carbocycles. The Hall–Kier alpha value is -1.75. The second-order valence-electron chi connectivity index (χ2n) is 4.71. The number of anilines is 1. The summed E-state index contributed by atoms with van der Waals surface area (Å²) in [6.45, 7) is 6.65. The molecule has 1 aromatic carbocycles. The van der Waals surface area contributed by atoms with Gasteiger partial charge in [-0.1, -0.05) is 0 Å². The van der Waals surface area contributed by atoms with Gasteiger partial charge in [0.25, 0.3) is 0 Å². The van der Waals surface area contributed by atoms with Crippen molar-refractivity contribution in [2.45, 2.75) is 20.3 Å². The van der Waals surface area contributed by atoms with Gasteiger partial charge in [-0.3, -0.25) is 4.79 Å². The summed E-state index contributed by atoms with van der Waals surface area (Å²) >= 11 is 0. The highest BCUT2D eigenvalue weighted by Crippen LogP contribution is 2.30. The molecule has 1 aliphatic rings. The molecule has 0 bridgehead atoms. The molecule has 1 fully saturated rings. The van der Waals surface area contributed by atoms with Gasteiger partial charge in [0, 0.05) is 18.3 Å². The molecule has 0 spiro atoms. The molecule has 0 aliphatic carbocycles. The minimum absolute atomic E-state index is 0.0529. The predicted molar refractivity (Wildman–Crippen MR) is 78.4 cm³/mol. The van der Waals surface area contributed by atoms with Gasteiger partial charge >= 0.3 is 0 Å². The highest BCUT2D eigenvalue weighted by Gasteiger charge is 2.22. The smallest absolute Gasteiger partial charge is 0.228 e. The number of carbonyl (C=O) groups is 1. The molecule has 1 aromatic rings. The van der Waals surface area contributed by atoms with Gasteiger partial charge in [0.2, 0.25) is 5.91 Å². The summed E-state index contributed by atoms with van der Waals surface area (Å²) in [5.74, 6) is 1.48. The van der Waals surface area contributed by atoms with Crippen molar-refractivity contribution in [3.8, 4) is 11.5 Å². The number of amides is 1. The van der Waals surface area contributed by atoms with E-state index in [1.54, 1.807) is 0 Å². The van der Waals surface area contributed by atoms with Gasteiger partial charge in [-0.15, -0.1) is 0 Å². The molecule has 1 amide bonds. The van der Waals surface area contributed by atoms with Crippen LogP contribution in [0, 0.1) is 5.92 Å². The highest BCUT2D eigenvalue weighted by atomic mass is 16.5. The summed E-state index contributed by atoms with van der Waals surface area (Å²) in [4.78, 5) is 12.1. The third-order valence-corrected chi connectivity index (χ3v) is 3.24. The van der Waals surface area contributed by atoms with E-state index in [0.29, 0.717) is 24.7 Å². The number of carbonyl (C=O) groups excluding carboxylic acids is 1. The molecule has 1 heterocycles. The zero-order chi connectivity index (χ0) is 14.4. The first-order valence-corrected chi connectivity index (χ1v) is 7.15. The number of benzene rings is 1. The first kappa shape index (κ1) is 14.7. The molecule has 1 saturated heterocycles. The summed E-state index contributed by atoms with van der Waals surface area (Å²) in [6.07, 6.45) is 0.890. The molecule has 2 N–H and O–H groups in total. The minimum atomic E-state index is 0.0529. The van der Waals surface area contributed by atoms with Gasteiger partial charge in [0.05, 0.1) is 19.1 Å². The Morgan fingerprint density at radius 2 is 2.05 bits per heavy atom. The quantitative estimate of drug-likeness (QED) is 0.836. The summed E-state index contributed by atoms with van der Waals surface area (Å²) in [7, 11) is 0. The zero-order valence-corrected chi connectivity index (χ0v) is 12.1. The minimum Gasteiger partial charge on any atom is -0.490 e. The van der Waals surface area contributed by atoms with Crippen LogP contribution in [-0.2, 0) is 4.79 Å². The van der Waals surface area contributed by atoms with Crippen molar-refractivity contribution >= 4 is 11.6 Å². The number of hydrogen-bond donors (Lipinski definition) is 2. The Morgan fingerprint density at radius 3 is 2.70 bits per heavy atom. The van der Waals surface area contributed by atoms with E-state index in [1.807, 2.05) is 32.0 Å². The van der Waals surface area contributed by atoms with E-state index in [1.165, 1.54) is 0 Å². The second-order valence-corrected chi connectivity index (χ2v) is 4.71. The van der Waals surface area contributed by atoms with Crippen molar-refractivity contribution in [2.75, 3.05) is 31.6 Å². The van der Waals surface area contributed by atoms with Crippen LogP contribution in [0.4, 0.5) is 5.69 Å². The van der Waals surface area contributed by atoms with E-state index in [4.69, 9.17) is 9.47 Å². The SMILES string of the molecule is CCOc1ccc(NC(=O)C2CCNC2)cc1OCC. The van der Waals surface area contributed by atoms with Gasteiger partial charge in [-0.05, 0) is 38.9 Å². The Labute approximate surface area is 119 Å². The molecule has 110 valence electrons. The fourth-order valence-corrected chi connectivity index (χ4v) is 2.25. The summed E-state index contributed by atoms with van der Waals surface area (Å²) in [5, 5.41) is 6.13. The third kappa shape index (κ3) is 3.63. The summed E-state index contributed by atoms with van der Waals surface area (Å²) in [5.41, 5.74) is 0.744. The van der Waals surface area contributed by atoms with Gasteiger partial charge in [0.15, 0.2) is 11.5 Å². The molecule has 1 atom stereocenters. The lowest BCUT2D eigenvalue weighted by atomic mass is 10.1. The van der Waals surface area contributed by atoms with Crippen LogP contribution in [0.2, 0.25) is 0 Å². The lowest BCUT2D eigenvalue weighted by Crippen LogP contribution is -2.24. The average Bonchev–Trinajstić information content (AvgIpc) is 2.96. The topological polar surface area (TPSA) is 59.6 Å². The summed E-state index contributed by atoms with van der Waals surface area (Å²) < 4.78 is 11.1. The molecule has 5 heteroatoms. The molecule has 1 aliphatic heterocycles. The Kier molecular flexibility index (Phi) is 5.24. The zero-order valence-electron chi connectivity index (χ0n) is 12.1. The van der Waals surface area contributed by atoms with Crippen LogP contribution in [0.5, 0.6) is 11.5 Å². The van der Waals surface area contributed by atoms with Crippen LogP contribution >= 0.6 is 0 Å². The van der Waals surface area contributed by atoms with E-state index >= 15 is 0 Å². The summed E-state index contributed by atoms with van der Waals surface area (Å²) in [6, 6.07) is 5.49. The fourth-order valence-electron chi connectivity index (χ4n) is 2.25. The van der Waals surface area contributed by atoms with E-state index in [-0.39, 0.29) is 11.8 Å². The second kappa shape index (κ2) is 7.14. The first-order valence-electron chi connectivity index (χ1n) is 7.15. The van der Waals surface area contributed by atoms with E-state index < -0.39 is 0 Å². The van der Waals surface area contributed by atoms with Crippen LogP contribution in [0.1, 0.15) is 20.3 Å². The number of nitrogens with one attached hydrogen (secondary N) is 2. The molecular weight excluding hydrogens is 256 g/mol. The molecule has 20 heavy (non-hydrogen) atoms. The monoisotopic (exact) mass is 278 g/mol. The van der Waals surface area contributed by atoms with Crippen molar-refractivity contribution in [2.24, 2.45) is 5.92 Å². The van der Waals surface area contributed by atoms with Gasteiger partial charge in [-0.2, -0.15) is 0 Å². The fraction of sp³-hybridized carbons (Fsp3) is 0.533. The molecule has 5 nitrogen and oxygen atoms in total. The van der Waals surface area contributed by atoms with Crippen molar-refractivity contribution < 1.29 is 14.3 Å². The lowest BCUT2D eigenvalue weighted by Gasteiger charge is -2.14. The van der Waals surface area contributed by atoms with Crippen LogP contribution in [0.15, 0.2) is 18.2 Å². The van der Waals surface area contributed by atoms with E-state index in [0.717, 1.165) is 25.2 Å². The largest absolute Gasteiger partial charge is 0.490 e. The van der Waals surface area contributed by atoms with Gasteiger partial charge < -0.3 is 20.1 Å². The Morgan fingerprint density at radius 1 is 1.30 bits per heavy atom. The van der Waals surface area contributed by atoms with Crippen molar-refractivity contribution in [3.05, 3.63) is 18.2 Å². The molecule has 0 aromatic heterocycles. The van der Waals surface area contributed by atoms with E-state index in [9.17, 15) is 4.79 Å². The maximum atomic E-state index is 12.1. The Bertz CT molecular complexity index is 456. The van der Waals surface area contributed by atoms with E-state index in [2.05, 4.69) is 10.6 Å². The van der Waals surface area contributed by atoms with Crippen LogP contribution < -0.4 is 20.1 Å². The van der Waals surface area contributed by atoms with Crippen LogP contribution in [0.25, 0.3) is 0 Å². The van der Waals surface area contributed by atoms with Crippen LogP contribution in [-0.4, -0.2) is 32.2 Å². The predicted octanol–water partition coefficient (Wildman–Crippen LogP) is 2.03. The lowest BCUT2D eigenvalue weighted by molar-refractivity contribution is -0.119. The number of hydrogen-bond acceptors (Lipinski definition) is 4. The van der Waals surface area contributed by atoms with Gasteiger partial charge in [0.1, 0.15) is 0 Å². The normalized spacial score (nSPS) is 17.8. The molecular formula is C15H22N2O3. The van der Waals surface area contributed by atoms with Crippen molar-refractivity contribution in [1.82, 2.24) is 5.32 Å². The maximum absolute atomic E-state index is 12.1. The molecule has 2 rings (SSSR count). The standard InChI is InChI=1S/C15H22N2O3/c1-3-19-13-6-5-12(9-14(13)20-4-2)17-15(18)11-7-8-16-10-11/h5-6,9,11,16H,3-4,7-8,10H2,1-2H3,(H,17,18). The van der Waals surface area contributed by atoms with Crippen LogP contribution in [0.3, 0.4) is 0 Å². The number of ether oxygens (including phenoxy) is 2. The van der Waals surface area contributed by atoms with Crippen molar-refractivity contribution in [3.63, 3.8) is 0 Å². The maximum Gasteiger partial charge on any atom is 0.228 e. The number of rotatable bonds is 6. The Balaban J connectivity index is 2.07. The average molecular weight is 278 g/mol. The molecule has 1 unspecified atom stereocenters. The highest BCUT2D eigenvalue weighted by molar-refractivity contribution is 5.93. The van der Waals surface area contributed by atoms with Gasteiger partial charge in [-0.25, -0.2) is 0 Å². The molecule has 0 radical (unpaired) electrons.